The monoisotopic (exact) mass is 400 g/mol. The first kappa shape index (κ1) is 19.2. The van der Waals surface area contributed by atoms with Crippen LogP contribution in [0.4, 0.5) is 0 Å². The number of carbonyl (C=O) groups excluding carboxylic acids is 1. The largest absolute Gasteiger partial charge is 0.488 e. The lowest BCUT2D eigenvalue weighted by atomic mass is 10.1. The second-order valence-corrected chi connectivity index (χ2v) is 6.65. The number of H-pyrrole nitrogens is 1. The fourth-order valence-electron chi connectivity index (χ4n) is 2.80. The van der Waals surface area contributed by atoms with Crippen LogP contribution in [0.2, 0.25) is 0 Å². The summed E-state index contributed by atoms with van der Waals surface area (Å²) in [6.07, 6.45) is 2.95. The maximum atomic E-state index is 12.3. The fourth-order valence-corrected chi connectivity index (χ4v) is 2.80. The maximum Gasteiger partial charge on any atom is 0.289 e. The van der Waals surface area contributed by atoms with E-state index in [1.54, 1.807) is 18.2 Å². The number of nitrogens with zero attached hydrogens (tertiary/aromatic N) is 2. The number of nitrogens with one attached hydrogen (secondary N) is 2. The van der Waals surface area contributed by atoms with E-state index in [-0.39, 0.29) is 5.69 Å². The van der Waals surface area contributed by atoms with Crippen LogP contribution in [0, 0.1) is 6.92 Å². The Morgan fingerprint density at radius 2 is 2.00 bits per heavy atom. The van der Waals surface area contributed by atoms with Gasteiger partial charge in [0.15, 0.2) is 0 Å². The zero-order valence-corrected chi connectivity index (χ0v) is 16.3. The summed E-state index contributed by atoms with van der Waals surface area (Å²) in [6, 6.07) is 20.9. The van der Waals surface area contributed by atoms with Gasteiger partial charge in [-0.05, 0) is 42.8 Å². The Balaban J connectivity index is 1.45. The van der Waals surface area contributed by atoms with Gasteiger partial charge in [-0.2, -0.15) is 10.2 Å². The van der Waals surface area contributed by atoms with Gasteiger partial charge in [0.25, 0.3) is 5.91 Å². The molecule has 7 nitrogen and oxygen atoms in total. The Hall–Kier alpha value is -4.13. The Kier molecular flexibility index (Phi) is 5.70. The molecule has 2 aromatic heterocycles. The van der Waals surface area contributed by atoms with E-state index in [4.69, 9.17) is 9.15 Å². The number of amides is 1. The smallest absolute Gasteiger partial charge is 0.289 e. The van der Waals surface area contributed by atoms with Gasteiger partial charge in [0.1, 0.15) is 23.8 Å². The number of benzene rings is 2. The fraction of sp³-hybridized carbons (Fsp3) is 0.0870. The first-order valence-electron chi connectivity index (χ1n) is 9.39. The predicted octanol–water partition coefficient (Wildman–Crippen LogP) is 4.32. The standard InChI is InChI=1S/C23H20N4O3/c1-16-8-10-17(11-9-16)15-30-22-7-3-2-6-19(22)20-13-21(26-25-20)23(28)27-24-14-18-5-4-12-29-18/h2-14H,15H2,1H3,(H,25,26)(H,27,28)/b24-14-. The van der Waals surface area contributed by atoms with E-state index < -0.39 is 5.91 Å². The molecule has 7 heteroatoms. The number of aryl methyl sites for hydroxylation is 1. The van der Waals surface area contributed by atoms with E-state index in [1.165, 1.54) is 18.0 Å². The number of aromatic nitrogens is 2. The van der Waals surface area contributed by atoms with Crippen LogP contribution < -0.4 is 10.2 Å². The van der Waals surface area contributed by atoms with Crippen molar-refractivity contribution in [3.63, 3.8) is 0 Å². The van der Waals surface area contributed by atoms with Crippen LogP contribution in [0.15, 0.2) is 82.5 Å². The van der Waals surface area contributed by atoms with Crippen molar-refractivity contribution in [3.05, 3.63) is 95.6 Å². The van der Waals surface area contributed by atoms with Crippen molar-refractivity contribution < 1.29 is 13.9 Å². The van der Waals surface area contributed by atoms with Gasteiger partial charge in [-0.1, -0.05) is 42.0 Å². The molecule has 0 radical (unpaired) electrons. The maximum absolute atomic E-state index is 12.3. The Morgan fingerprint density at radius 1 is 1.17 bits per heavy atom. The van der Waals surface area contributed by atoms with Crippen LogP contribution in [0.3, 0.4) is 0 Å². The van der Waals surface area contributed by atoms with E-state index in [1.807, 2.05) is 43.3 Å². The molecule has 30 heavy (non-hydrogen) atoms. The van der Waals surface area contributed by atoms with Gasteiger partial charge in [-0.15, -0.1) is 0 Å². The van der Waals surface area contributed by atoms with Gasteiger partial charge in [0.05, 0.1) is 18.2 Å². The van der Waals surface area contributed by atoms with Crippen LogP contribution in [0.1, 0.15) is 27.4 Å². The Labute approximate surface area is 173 Å². The van der Waals surface area contributed by atoms with Crippen LogP contribution >= 0.6 is 0 Å². The molecule has 0 spiro atoms. The number of ether oxygens (including phenoxy) is 1. The molecule has 150 valence electrons. The third-order valence-electron chi connectivity index (χ3n) is 4.40. The van der Waals surface area contributed by atoms with Crippen molar-refractivity contribution >= 4 is 12.1 Å². The van der Waals surface area contributed by atoms with Crippen LogP contribution in [0.5, 0.6) is 5.75 Å². The second kappa shape index (κ2) is 8.91. The molecule has 0 aliphatic heterocycles. The number of hydrogen-bond acceptors (Lipinski definition) is 5. The minimum absolute atomic E-state index is 0.287. The number of hydrazone groups is 1. The summed E-state index contributed by atoms with van der Waals surface area (Å²) < 4.78 is 11.1. The molecule has 4 rings (SSSR count). The summed E-state index contributed by atoms with van der Waals surface area (Å²) >= 11 is 0. The van der Waals surface area contributed by atoms with Crippen molar-refractivity contribution in [3.8, 4) is 17.0 Å². The van der Waals surface area contributed by atoms with Crippen LogP contribution in [0.25, 0.3) is 11.3 Å². The summed E-state index contributed by atoms with van der Waals surface area (Å²) in [4.78, 5) is 12.3. The van der Waals surface area contributed by atoms with Crippen molar-refractivity contribution in [2.24, 2.45) is 5.10 Å². The lowest BCUT2D eigenvalue weighted by Crippen LogP contribution is -2.17. The number of para-hydroxylation sites is 1. The molecule has 0 aliphatic carbocycles. The quantitative estimate of drug-likeness (QED) is 0.357. The third-order valence-corrected chi connectivity index (χ3v) is 4.40. The van der Waals surface area contributed by atoms with Gasteiger partial charge >= 0.3 is 0 Å². The zero-order valence-electron chi connectivity index (χ0n) is 16.3. The van der Waals surface area contributed by atoms with Crippen LogP contribution in [-0.4, -0.2) is 22.3 Å². The highest BCUT2D eigenvalue weighted by atomic mass is 16.5. The summed E-state index contributed by atoms with van der Waals surface area (Å²) in [5, 5.41) is 10.9. The highest BCUT2D eigenvalue weighted by Crippen LogP contribution is 2.29. The van der Waals surface area contributed by atoms with E-state index in [0.717, 1.165) is 11.1 Å². The molecular formula is C23H20N4O3. The highest BCUT2D eigenvalue weighted by Gasteiger charge is 2.14. The van der Waals surface area contributed by atoms with Crippen molar-refractivity contribution in [1.82, 2.24) is 15.6 Å². The molecule has 0 unspecified atom stereocenters. The third kappa shape index (κ3) is 4.64. The molecule has 2 heterocycles. The molecule has 0 saturated carbocycles. The molecule has 2 aromatic carbocycles. The summed E-state index contributed by atoms with van der Waals surface area (Å²) in [5.41, 5.74) is 6.40. The summed E-state index contributed by atoms with van der Waals surface area (Å²) in [6.45, 7) is 2.49. The SMILES string of the molecule is Cc1ccc(COc2ccccc2-c2cc(C(=O)N/N=C\c3ccco3)[nH]n2)cc1. The lowest BCUT2D eigenvalue weighted by molar-refractivity contribution is 0.0950. The van der Waals surface area contributed by atoms with E-state index in [9.17, 15) is 4.79 Å². The minimum Gasteiger partial charge on any atom is -0.488 e. The Morgan fingerprint density at radius 3 is 2.80 bits per heavy atom. The molecule has 0 atom stereocenters. The van der Waals surface area contributed by atoms with Crippen molar-refractivity contribution in [2.75, 3.05) is 0 Å². The van der Waals surface area contributed by atoms with Crippen molar-refractivity contribution in [1.29, 1.82) is 0 Å². The first-order valence-corrected chi connectivity index (χ1v) is 9.39. The summed E-state index contributed by atoms with van der Waals surface area (Å²) in [7, 11) is 0. The Bertz CT molecular complexity index is 1150. The van der Waals surface area contributed by atoms with E-state index in [2.05, 4.69) is 32.9 Å². The normalized spacial score (nSPS) is 11.0. The predicted molar refractivity (Wildman–Crippen MR) is 113 cm³/mol. The van der Waals surface area contributed by atoms with Gasteiger partial charge in [0, 0.05) is 5.56 Å². The molecule has 4 aromatic rings. The van der Waals surface area contributed by atoms with Crippen molar-refractivity contribution in [2.45, 2.75) is 13.5 Å². The molecule has 0 fully saturated rings. The van der Waals surface area contributed by atoms with E-state index in [0.29, 0.717) is 23.8 Å². The number of rotatable bonds is 7. The lowest BCUT2D eigenvalue weighted by Gasteiger charge is -2.10. The van der Waals surface area contributed by atoms with Gasteiger partial charge < -0.3 is 9.15 Å². The number of furan rings is 1. The molecule has 0 bridgehead atoms. The van der Waals surface area contributed by atoms with Crippen LogP contribution in [-0.2, 0) is 6.61 Å². The summed E-state index contributed by atoms with van der Waals surface area (Å²) in [5.74, 6) is 0.822. The highest BCUT2D eigenvalue weighted by molar-refractivity contribution is 5.94. The van der Waals surface area contributed by atoms with E-state index >= 15 is 0 Å². The second-order valence-electron chi connectivity index (χ2n) is 6.65. The average Bonchev–Trinajstić information content (AvgIpc) is 3.46. The average molecular weight is 400 g/mol. The molecule has 2 N–H and O–H groups in total. The number of carbonyl (C=O) groups is 1. The van der Waals surface area contributed by atoms with Gasteiger partial charge in [-0.25, -0.2) is 5.43 Å². The molecule has 0 saturated heterocycles. The van der Waals surface area contributed by atoms with Gasteiger partial charge in [0.2, 0.25) is 0 Å². The first-order chi connectivity index (χ1) is 14.7. The number of hydrogen-bond donors (Lipinski definition) is 2. The number of aromatic amines is 1. The minimum atomic E-state index is -0.408. The topological polar surface area (TPSA) is 92.5 Å². The zero-order chi connectivity index (χ0) is 20.8. The molecule has 0 aliphatic rings. The van der Waals surface area contributed by atoms with Gasteiger partial charge in [-0.3, -0.25) is 9.89 Å². The molecular weight excluding hydrogens is 380 g/mol. The molecule has 1 amide bonds.